The predicted molar refractivity (Wildman–Crippen MR) is 88.3 cm³/mol. The summed E-state index contributed by atoms with van der Waals surface area (Å²) in [5.41, 5.74) is 5.73. The molecule has 2 aliphatic rings. The summed E-state index contributed by atoms with van der Waals surface area (Å²) in [4.78, 5) is 20.3. The van der Waals surface area contributed by atoms with Gasteiger partial charge in [0.1, 0.15) is 5.82 Å². The highest BCUT2D eigenvalue weighted by molar-refractivity contribution is 5.97. The number of hydrogen-bond acceptors (Lipinski definition) is 6. The smallest absolute Gasteiger partial charge is 0.254 e. The Morgan fingerprint density at radius 2 is 2.04 bits per heavy atom. The number of primary amides is 1. The minimum atomic E-state index is -0.525. The number of amides is 1. The Kier molecular flexibility index (Phi) is 4.39. The van der Waals surface area contributed by atoms with E-state index >= 15 is 0 Å². The van der Waals surface area contributed by atoms with Gasteiger partial charge in [-0.1, -0.05) is 0 Å². The van der Waals surface area contributed by atoms with E-state index in [-0.39, 0.29) is 17.7 Å². The SMILES string of the molecule is CC1(Nc2nc(N[C@H]3CC[C@H](O)CC3)ncc2C(N)=O)CCC1. The molecule has 0 aromatic carbocycles. The lowest BCUT2D eigenvalue weighted by Crippen LogP contribution is -2.42. The number of hydrogen-bond donors (Lipinski definition) is 4. The summed E-state index contributed by atoms with van der Waals surface area (Å²) in [7, 11) is 0. The number of carbonyl (C=O) groups is 1. The van der Waals surface area contributed by atoms with E-state index in [9.17, 15) is 9.90 Å². The van der Waals surface area contributed by atoms with Gasteiger partial charge in [-0.2, -0.15) is 4.98 Å². The van der Waals surface area contributed by atoms with Crippen molar-refractivity contribution in [3.8, 4) is 0 Å². The van der Waals surface area contributed by atoms with E-state index in [1.54, 1.807) is 0 Å². The number of nitrogens with zero attached hydrogens (tertiary/aromatic N) is 2. The molecule has 2 saturated carbocycles. The molecule has 1 aromatic heterocycles. The van der Waals surface area contributed by atoms with Gasteiger partial charge in [-0.3, -0.25) is 4.79 Å². The maximum Gasteiger partial charge on any atom is 0.254 e. The zero-order valence-corrected chi connectivity index (χ0v) is 13.5. The number of aromatic nitrogens is 2. The zero-order valence-electron chi connectivity index (χ0n) is 13.5. The van der Waals surface area contributed by atoms with E-state index in [0.29, 0.717) is 17.3 Å². The minimum Gasteiger partial charge on any atom is -0.393 e. The number of aliphatic hydroxyl groups excluding tert-OH is 1. The third-order valence-electron chi connectivity index (χ3n) is 4.96. The summed E-state index contributed by atoms with van der Waals surface area (Å²) < 4.78 is 0. The quantitative estimate of drug-likeness (QED) is 0.656. The molecule has 0 aliphatic heterocycles. The van der Waals surface area contributed by atoms with Crippen LogP contribution in [-0.4, -0.2) is 38.7 Å². The lowest BCUT2D eigenvalue weighted by atomic mass is 9.78. The van der Waals surface area contributed by atoms with Crippen LogP contribution in [0.4, 0.5) is 11.8 Å². The molecule has 5 N–H and O–H groups in total. The minimum absolute atomic E-state index is 0.0230. The number of carbonyl (C=O) groups excluding carboxylic acids is 1. The zero-order chi connectivity index (χ0) is 16.4. The van der Waals surface area contributed by atoms with Crippen LogP contribution in [0.1, 0.15) is 62.2 Å². The van der Waals surface area contributed by atoms with Crippen LogP contribution in [0, 0.1) is 0 Å². The van der Waals surface area contributed by atoms with Gasteiger partial charge in [-0.05, 0) is 51.9 Å². The van der Waals surface area contributed by atoms with E-state index in [2.05, 4.69) is 27.5 Å². The van der Waals surface area contributed by atoms with Gasteiger partial charge >= 0.3 is 0 Å². The molecule has 7 nitrogen and oxygen atoms in total. The van der Waals surface area contributed by atoms with Crippen molar-refractivity contribution in [2.24, 2.45) is 5.73 Å². The molecule has 0 unspecified atom stereocenters. The Labute approximate surface area is 136 Å². The van der Waals surface area contributed by atoms with Gasteiger partial charge in [0.15, 0.2) is 0 Å². The summed E-state index contributed by atoms with van der Waals surface area (Å²) in [5, 5.41) is 16.2. The van der Waals surface area contributed by atoms with Gasteiger partial charge in [0.05, 0.1) is 11.7 Å². The van der Waals surface area contributed by atoms with Crippen LogP contribution in [0.5, 0.6) is 0 Å². The average molecular weight is 319 g/mol. The lowest BCUT2D eigenvalue weighted by molar-refractivity contribution is 0.1000. The van der Waals surface area contributed by atoms with Gasteiger partial charge in [-0.25, -0.2) is 4.98 Å². The monoisotopic (exact) mass is 319 g/mol. The first-order valence-electron chi connectivity index (χ1n) is 8.35. The summed E-state index contributed by atoms with van der Waals surface area (Å²) >= 11 is 0. The highest BCUT2D eigenvalue weighted by atomic mass is 16.3. The van der Waals surface area contributed by atoms with Crippen molar-refractivity contribution in [3.63, 3.8) is 0 Å². The predicted octanol–water partition coefficient (Wildman–Crippen LogP) is 1.65. The lowest BCUT2D eigenvalue weighted by Gasteiger charge is -2.40. The second-order valence-electron chi connectivity index (χ2n) is 7.01. The van der Waals surface area contributed by atoms with Crippen LogP contribution in [-0.2, 0) is 0 Å². The number of anilines is 2. The number of aliphatic hydroxyl groups is 1. The molecule has 1 heterocycles. The van der Waals surface area contributed by atoms with Gasteiger partial charge in [0, 0.05) is 17.8 Å². The Morgan fingerprint density at radius 3 is 2.61 bits per heavy atom. The summed E-state index contributed by atoms with van der Waals surface area (Å²) in [5.74, 6) is 0.484. The first-order chi connectivity index (χ1) is 11.0. The third-order valence-corrected chi connectivity index (χ3v) is 4.96. The molecule has 0 radical (unpaired) electrons. The average Bonchev–Trinajstić information content (AvgIpc) is 2.48. The van der Waals surface area contributed by atoms with Crippen LogP contribution in [0.2, 0.25) is 0 Å². The van der Waals surface area contributed by atoms with Gasteiger partial charge in [0.2, 0.25) is 5.95 Å². The van der Waals surface area contributed by atoms with Crippen LogP contribution < -0.4 is 16.4 Å². The van der Waals surface area contributed by atoms with E-state index in [1.165, 1.54) is 12.6 Å². The first kappa shape index (κ1) is 16.0. The van der Waals surface area contributed by atoms with Gasteiger partial charge in [-0.15, -0.1) is 0 Å². The second kappa shape index (κ2) is 6.31. The van der Waals surface area contributed by atoms with Gasteiger partial charge in [0.25, 0.3) is 5.91 Å². The molecular weight excluding hydrogens is 294 g/mol. The highest BCUT2D eigenvalue weighted by Crippen LogP contribution is 2.35. The fraction of sp³-hybridized carbons (Fsp3) is 0.688. The standard InChI is InChI=1S/C16H25N5O2/c1-16(7-2-8-16)21-14-12(13(17)23)9-18-15(20-14)19-10-3-5-11(22)6-4-10/h9-11,22H,2-8H2,1H3,(H2,17,23)(H2,18,19,20,21)/t10-,11-. The van der Waals surface area contributed by atoms with Gasteiger partial charge < -0.3 is 21.5 Å². The molecule has 7 heteroatoms. The number of nitrogens with two attached hydrogens (primary N) is 1. The normalized spacial score (nSPS) is 26.2. The van der Waals surface area contributed by atoms with Crippen LogP contribution in [0.25, 0.3) is 0 Å². The van der Waals surface area contributed by atoms with Crippen molar-refractivity contribution in [1.82, 2.24) is 9.97 Å². The summed E-state index contributed by atoms with van der Waals surface area (Å²) in [6.07, 6.45) is 7.94. The summed E-state index contributed by atoms with van der Waals surface area (Å²) in [6, 6.07) is 0.255. The molecule has 2 aliphatic carbocycles. The van der Waals surface area contributed by atoms with Crippen molar-refractivity contribution in [2.45, 2.75) is 69.6 Å². The van der Waals surface area contributed by atoms with Crippen molar-refractivity contribution >= 4 is 17.7 Å². The Balaban J connectivity index is 1.75. The molecule has 2 fully saturated rings. The molecule has 0 atom stereocenters. The maximum absolute atomic E-state index is 11.6. The Bertz CT molecular complexity index is 580. The Hall–Kier alpha value is -1.89. The number of rotatable bonds is 5. The van der Waals surface area contributed by atoms with E-state index in [1.807, 2.05) is 0 Å². The van der Waals surface area contributed by atoms with Crippen molar-refractivity contribution < 1.29 is 9.90 Å². The second-order valence-corrected chi connectivity index (χ2v) is 7.01. The van der Waals surface area contributed by atoms with E-state index < -0.39 is 5.91 Å². The fourth-order valence-electron chi connectivity index (χ4n) is 3.25. The Morgan fingerprint density at radius 1 is 1.35 bits per heavy atom. The van der Waals surface area contributed by atoms with Crippen LogP contribution in [0.15, 0.2) is 6.20 Å². The molecule has 0 saturated heterocycles. The molecule has 0 bridgehead atoms. The molecular formula is C16H25N5O2. The fourth-order valence-corrected chi connectivity index (χ4v) is 3.25. The van der Waals surface area contributed by atoms with Crippen LogP contribution >= 0.6 is 0 Å². The first-order valence-corrected chi connectivity index (χ1v) is 8.35. The molecule has 3 rings (SSSR count). The van der Waals surface area contributed by atoms with E-state index in [4.69, 9.17) is 5.73 Å². The molecule has 0 spiro atoms. The van der Waals surface area contributed by atoms with E-state index in [0.717, 1.165) is 38.5 Å². The molecule has 1 amide bonds. The molecule has 1 aromatic rings. The summed E-state index contributed by atoms with van der Waals surface area (Å²) in [6.45, 7) is 2.12. The largest absolute Gasteiger partial charge is 0.393 e. The molecule has 126 valence electrons. The topological polar surface area (TPSA) is 113 Å². The van der Waals surface area contributed by atoms with Crippen molar-refractivity contribution in [3.05, 3.63) is 11.8 Å². The highest BCUT2D eigenvalue weighted by Gasteiger charge is 2.33. The third kappa shape index (κ3) is 3.72. The number of nitrogens with one attached hydrogen (secondary N) is 2. The molecule has 23 heavy (non-hydrogen) atoms. The van der Waals surface area contributed by atoms with Crippen molar-refractivity contribution in [1.29, 1.82) is 0 Å². The van der Waals surface area contributed by atoms with Crippen LogP contribution in [0.3, 0.4) is 0 Å². The maximum atomic E-state index is 11.6. The van der Waals surface area contributed by atoms with Crippen molar-refractivity contribution in [2.75, 3.05) is 10.6 Å².